The Bertz CT molecular complexity index is 344. The third-order valence-corrected chi connectivity index (χ3v) is 2.22. The first-order chi connectivity index (χ1) is 6.63. The molecule has 0 bridgehead atoms. The van der Waals surface area contributed by atoms with Gasteiger partial charge < -0.3 is 15.8 Å². The fourth-order valence-corrected chi connectivity index (χ4v) is 1.55. The Morgan fingerprint density at radius 1 is 1.64 bits per heavy atom. The van der Waals surface area contributed by atoms with Gasteiger partial charge in [-0.2, -0.15) is 0 Å². The molecule has 5 heteroatoms. The van der Waals surface area contributed by atoms with Crippen molar-refractivity contribution in [2.24, 2.45) is 5.73 Å². The van der Waals surface area contributed by atoms with Crippen molar-refractivity contribution in [2.45, 2.75) is 6.61 Å². The van der Waals surface area contributed by atoms with Crippen molar-refractivity contribution >= 4 is 38.9 Å². The van der Waals surface area contributed by atoms with Crippen molar-refractivity contribution in [3.63, 3.8) is 0 Å². The van der Waals surface area contributed by atoms with E-state index in [2.05, 4.69) is 21.2 Å². The van der Waals surface area contributed by atoms with Gasteiger partial charge in [0.2, 0.25) is 0 Å². The fraction of sp³-hybridized carbons (Fsp3) is 0.222. The highest BCUT2D eigenvalue weighted by molar-refractivity contribution is 9.10. The first-order valence-corrected chi connectivity index (χ1v) is 5.17. The lowest BCUT2D eigenvalue weighted by Gasteiger charge is -2.10. The molecule has 1 aromatic carbocycles. The average molecular weight is 275 g/mol. The lowest BCUT2D eigenvalue weighted by molar-refractivity contribution is 0.185. The molecule has 0 radical (unpaired) electrons. The standard InChI is InChI=1S/C9H11BrN2OS/c1-13-5-6-2-3-7(10)4-8(6)12-9(11)14/h2-4H,5H2,1H3,(H3,11,12,14). The van der Waals surface area contributed by atoms with Crippen LogP contribution in [0.25, 0.3) is 0 Å². The molecule has 1 rings (SSSR count). The maximum absolute atomic E-state index is 5.40. The van der Waals surface area contributed by atoms with E-state index in [0.717, 1.165) is 15.7 Å². The topological polar surface area (TPSA) is 47.3 Å². The molecule has 0 spiro atoms. The predicted molar refractivity (Wildman–Crippen MR) is 65.3 cm³/mol. The highest BCUT2D eigenvalue weighted by Gasteiger charge is 2.03. The van der Waals surface area contributed by atoms with Crippen LogP contribution in [0.1, 0.15) is 5.56 Å². The molecule has 0 saturated carbocycles. The number of rotatable bonds is 3. The number of anilines is 1. The molecule has 3 nitrogen and oxygen atoms in total. The molecule has 1 aromatic rings. The van der Waals surface area contributed by atoms with Gasteiger partial charge in [0.05, 0.1) is 6.61 Å². The molecule has 76 valence electrons. The summed E-state index contributed by atoms with van der Waals surface area (Å²) in [6.07, 6.45) is 0. The zero-order valence-electron chi connectivity index (χ0n) is 7.71. The normalized spacial score (nSPS) is 9.86. The number of hydrogen-bond acceptors (Lipinski definition) is 2. The summed E-state index contributed by atoms with van der Waals surface area (Å²) in [5.41, 5.74) is 7.29. The van der Waals surface area contributed by atoms with Crippen molar-refractivity contribution in [2.75, 3.05) is 12.4 Å². The predicted octanol–water partition coefficient (Wildman–Crippen LogP) is 2.25. The molecule has 3 N–H and O–H groups in total. The number of hydrogen-bond donors (Lipinski definition) is 2. The first-order valence-electron chi connectivity index (χ1n) is 3.97. The number of nitrogens with one attached hydrogen (secondary N) is 1. The molecule has 0 atom stereocenters. The van der Waals surface area contributed by atoms with E-state index in [1.807, 2.05) is 18.2 Å². The lowest BCUT2D eigenvalue weighted by atomic mass is 10.2. The number of benzene rings is 1. The number of methoxy groups -OCH3 is 1. The molecule has 0 aromatic heterocycles. The van der Waals surface area contributed by atoms with Crippen molar-refractivity contribution in [3.8, 4) is 0 Å². The smallest absolute Gasteiger partial charge is 0.168 e. The molecule has 14 heavy (non-hydrogen) atoms. The van der Waals surface area contributed by atoms with Gasteiger partial charge in [0, 0.05) is 22.8 Å². The minimum absolute atomic E-state index is 0.250. The highest BCUT2D eigenvalue weighted by Crippen LogP contribution is 2.21. The van der Waals surface area contributed by atoms with E-state index in [4.69, 9.17) is 22.7 Å². The SMILES string of the molecule is COCc1ccc(Br)cc1NC(N)=S. The van der Waals surface area contributed by atoms with Gasteiger partial charge in [-0.05, 0) is 24.4 Å². The summed E-state index contributed by atoms with van der Waals surface area (Å²) in [6.45, 7) is 0.526. The van der Waals surface area contributed by atoms with Gasteiger partial charge in [-0.3, -0.25) is 0 Å². The van der Waals surface area contributed by atoms with Crippen LogP contribution in [0.4, 0.5) is 5.69 Å². The molecule has 0 aliphatic carbocycles. The third-order valence-electron chi connectivity index (χ3n) is 1.63. The van der Waals surface area contributed by atoms with Gasteiger partial charge >= 0.3 is 0 Å². The minimum Gasteiger partial charge on any atom is -0.380 e. The average Bonchev–Trinajstić information content (AvgIpc) is 2.09. The van der Waals surface area contributed by atoms with Crippen LogP contribution in [0.5, 0.6) is 0 Å². The molecule has 0 amide bonds. The molecule has 0 unspecified atom stereocenters. The van der Waals surface area contributed by atoms with Gasteiger partial charge in [-0.25, -0.2) is 0 Å². The van der Waals surface area contributed by atoms with Crippen LogP contribution in [-0.4, -0.2) is 12.2 Å². The Kier molecular flexibility index (Phi) is 4.31. The summed E-state index contributed by atoms with van der Waals surface area (Å²) in [7, 11) is 1.65. The summed E-state index contributed by atoms with van der Waals surface area (Å²) < 4.78 is 6.02. The molecule has 0 saturated heterocycles. The van der Waals surface area contributed by atoms with E-state index in [-0.39, 0.29) is 5.11 Å². The summed E-state index contributed by atoms with van der Waals surface area (Å²) in [5.74, 6) is 0. The monoisotopic (exact) mass is 274 g/mol. The van der Waals surface area contributed by atoms with Gasteiger partial charge in [0.1, 0.15) is 0 Å². The summed E-state index contributed by atoms with van der Waals surface area (Å²) >= 11 is 8.15. The molecule has 0 fully saturated rings. The maximum atomic E-state index is 5.40. The van der Waals surface area contributed by atoms with Gasteiger partial charge in [0.15, 0.2) is 5.11 Å². The number of ether oxygens (including phenoxy) is 1. The quantitative estimate of drug-likeness (QED) is 0.831. The van der Waals surface area contributed by atoms with E-state index in [0.29, 0.717) is 6.61 Å². The Morgan fingerprint density at radius 2 is 2.36 bits per heavy atom. The zero-order valence-corrected chi connectivity index (χ0v) is 10.1. The molecule has 0 aliphatic rings. The number of nitrogens with two attached hydrogens (primary N) is 1. The Balaban J connectivity index is 2.96. The van der Waals surface area contributed by atoms with E-state index in [1.54, 1.807) is 7.11 Å². The number of halogens is 1. The lowest BCUT2D eigenvalue weighted by Crippen LogP contribution is -2.19. The second-order valence-corrected chi connectivity index (χ2v) is 4.08. The third kappa shape index (κ3) is 3.25. The first kappa shape index (κ1) is 11.4. The maximum Gasteiger partial charge on any atom is 0.168 e. The van der Waals surface area contributed by atoms with Gasteiger partial charge in [0.25, 0.3) is 0 Å². The second-order valence-electron chi connectivity index (χ2n) is 2.72. The zero-order chi connectivity index (χ0) is 10.6. The van der Waals surface area contributed by atoms with Crippen LogP contribution in [-0.2, 0) is 11.3 Å². The second kappa shape index (κ2) is 5.29. The highest BCUT2D eigenvalue weighted by atomic mass is 79.9. The largest absolute Gasteiger partial charge is 0.380 e. The molecule has 0 heterocycles. The minimum atomic E-state index is 0.250. The van der Waals surface area contributed by atoms with Crippen molar-refractivity contribution in [1.82, 2.24) is 0 Å². The van der Waals surface area contributed by atoms with Crippen molar-refractivity contribution in [3.05, 3.63) is 28.2 Å². The van der Waals surface area contributed by atoms with Crippen LogP contribution in [0, 0.1) is 0 Å². The Morgan fingerprint density at radius 3 is 2.93 bits per heavy atom. The fourth-order valence-electron chi connectivity index (χ4n) is 1.08. The molecular weight excluding hydrogens is 264 g/mol. The van der Waals surface area contributed by atoms with E-state index >= 15 is 0 Å². The van der Waals surface area contributed by atoms with E-state index in [1.165, 1.54) is 0 Å². The van der Waals surface area contributed by atoms with Gasteiger partial charge in [-0.1, -0.05) is 22.0 Å². The summed E-state index contributed by atoms with van der Waals surface area (Å²) in [4.78, 5) is 0. The van der Waals surface area contributed by atoms with E-state index < -0.39 is 0 Å². The van der Waals surface area contributed by atoms with E-state index in [9.17, 15) is 0 Å². The molecular formula is C9H11BrN2OS. The van der Waals surface area contributed by atoms with Gasteiger partial charge in [-0.15, -0.1) is 0 Å². The Hall–Kier alpha value is -0.650. The summed E-state index contributed by atoms with van der Waals surface area (Å²) in [5, 5.41) is 3.15. The number of thiocarbonyl (C=S) groups is 1. The van der Waals surface area contributed by atoms with Crippen molar-refractivity contribution in [1.29, 1.82) is 0 Å². The molecule has 0 aliphatic heterocycles. The van der Waals surface area contributed by atoms with Crippen LogP contribution < -0.4 is 11.1 Å². The van der Waals surface area contributed by atoms with Crippen molar-refractivity contribution < 1.29 is 4.74 Å². The summed E-state index contributed by atoms with van der Waals surface area (Å²) in [6, 6.07) is 5.81. The van der Waals surface area contributed by atoms with Crippen LogP contribution >= 0.6 is 28.1 Å². The Labute approximate surface area is 96.8 Å². The van der Waals surface area contributed by atoms with Crippen LogP contribution in [0.3, 0.4) is 0 Å². The van der Waals surface area contributed by atoms with Crippen LogP contribution in [0.2, 0.25) is 0 Å². The van der Waals surface area contributed by atoms with Crippen LogP contribution in [0.15, 0.2) is 22.7 Å².